The van der Waals surface area contributed by atoms with Gasteiger partial charge in [-0.1, -0.05) is 42.1 Å². The summed E-state index contributed by atoms with van der Waals surface area (Å²) in [6, 6.07) is 18.4. The van der Waals surface area contributed by atoms with Crippen molar-refractivity contribution in [2.75, 3.05) is 19.0 Å². The molecular weight excluding hydrogens is 424 g/mol. The second kappa shape index (κ2) is 8.59. The van der Waals surface area contributed by atoms with Gasteiger partial charge in [0.15, 0.2) is 5.75 Å². The molecule has 32 heavy (non-hydrogen) atoms. The fraction of sp³-hybridized carbons (Fsp3) is 0.200. The molecule has 0 bridgehead atoms. The molecule has 1 N–H and O–H groups in total. The predicted octanol–water partition coefficient (Wildman–Crippen LogP) is 5.13. The highest BCUT2D eigenvalue weighted by Crippen LogP contribution is 2.36. The molecule has 0 saturated carbocycles. The number of anilines is 1. The van der Waals surface area contributed by atoms with Crippen molar-refractivity contribution in [1.82, 2.24) is 4.57 Å². The fourth-order valence-corrected chi connectivity index (χ4v) is 4.47. The SMILES string of the molecule is CC(C)n1c(-c2ccc(N(C)C)cc2)cc2oc(=O)c(Sc3ccccc3)c(O)c2c1=O. The molecule has 7 heteroatoms. The molecule has 0 fully saturated rings. The van der Waals surface area contributed by atoms with E-state index < -0.39 is 11.2 Å². The van der Waals surface area contributed by atoms with E-state index in [9.17, 15) is 14.7 Å². The van der Waals surface area contributed by atoms with Gasteiger partial charge in [0, 0.05) is 36.8 Å². The molecule has 0 unspecified atom stereocenters. The summed E-state index contributed by atoms with van der Waals surface area (Å²) < 4.78 is 7.14. The first kappa shape index (κ1) is 21.8. The Morgan fingerprint density at radius 2 is 1.66 bits per heavy atom. The summed E-state index contributed by atoms with van der Waals surface area (Å²) >= 11 is 1.07. The zero-order valence-corrected chi connectivity index (χ0v) is 19.1. The van der Waals surface area contributed by atoms with Crippen molar-refractivity contribution in [3.63, 3.8) is 0 Å². The molecule has 164 valence electrons. The Kier molecular flexibility index (Phi) is 5.84. The third kappa shape index (κ3) is 3.91. The summed E-state index contributed by atoms with van der Waals surface area (Å²) in [5, 5.41) is 10.9. The van der Waals surface area contributed by atoms with Crippen LogP contribution in [0.4, 0.5) is 5.69 Å². The van der Waals surface area contributed by atoms with Crippen molar-refractivity contribution in [3.8, 4) is 17.0 Å². The number of hydrogen-bond donors (Lipinski definition) is 1. The average molecular weight is 449 g/mol. The van der Waals surface area contributed by atoms with Crippen molar-refractivity contribution in [2.24, 2.45) is 0 Å². The Labute approximate surface area is 189 Å². The summed E-state index contributed by atoms with van der Waals surface area (Å²) in [5.74, 6) is -0.348. The molecule has 0 radical (unpaired) electrons. The highest BCUT2D eigenvalue weighted by atomic mass is 32.2. The number of rotatable bonds is 5. The molecule has 0 spiro atoms. The van der Waals surface area contributed by atoms with Gasteiger partial charge in [0.1, 0.15) is 15.9 Å². The summed E-state index contributed by atoms with van der Waals surface area (Å²) in [6.07, 6.45) is 0. The molecule has 0 aliphatic carbocycles. The number of hydrogen-bond acceptors (Lipinski definition) is 6. The van der Waals surface area contributed by atoms with Crippen molar-refractivity contribution in [1.29, 1.82) is 0 Å². The molecule has 4 rings (SSSR count). The summed E-state index contributed by atoms with van der Waals surface area (Å²) in [7, 11) is 3.91. The Bertz CT molecular complexity index is 1390. The molecule has 0 amide bonds. The van der Waals surface area contributed by atoms with Crippen LogP contribution in [-0.2, 0) is 0 Å². The third-order valence-electron chi connectivity index (χ3n) is 5.21. The van der Waals surface area contributed by atoms with Gasteiger partial charge in [-0.05, 0) is 43.7 Å². The minimum atomic E-state index is -0.681. The average Bonchev–Trinajstić information content (AvgIpc) is 2.76. The minimum Gasteiger partial charge on any atom is -0.505 e. The molecule has 2 aromatic carbocycles. The van der Waals surface area contributed by atoms with Crippen LogP contribution >= 0.6 is 11.8 Å². The number of nitrogens with zero attached hydrogens (tertiary/aromatic N) is 2. The van der Waals surface area contributed by atoms with E-state index >= 15 is 0 Å². The van der Waals surface area contributed by atoms with E-state index in [4.69, 9.17) is 4.42 Å². The molecule has 0 saturated heterocycles. The normalized spacial score (nSPS) is 11.3. The van der Waals surface area contributed by atoms with Crippen LogP contribution < -0.4 is 16.1 Å². The largest absolute Gasteiger partial charge is 0.505 e. The smallest absolute Gasteiger partial charge is 0.354 e. The van der Waals surface area contributed by atoms with E-state index in [1.54, 1.807) is 10.6 Å². The van der Waals surface area contributed by atoms with Crippen LogP contribution in [-0.4, -0.2) is 23.8 Å². The minimum absolute atomic E-state index is 0.000748. The van der Waals surface area contributed by atoms with E-state index in [-0.39, 0.29) is 27.7 Å². The lowest BCUT2D eigenvalue weighted by Gasteiger charge is -2.19. The standard InChI is InChI=1S/C25H24N2O4S/c1-15(2)27-19(16-10-12-17(13-11-16)26(3)4)14-20-21(24(27)29)22(28)23(25(30)31-20)32-18-8-6-5-7-9-18/h5-15,28H,1-4H3. The lowest BCUT2D eigenvalue weighted by molar-refractivity contribution is 0.445. The van der Waals surface area contributed by atoms with Gasteiger partial charge in [0.25, 0.3) is 5.56 Å². The number of benzene rings is 2. The Balaban J connectivity index is 1.95. The highest BCUT2D eigenvalue weighted by molar-refractivity contribution is 7.99. The lowest BCUT2D eigenvalue weighted by Crippen LogP contribution is -2.24. The van der Waals surface area contributed by atoms with E-state index in [1.807, 2.05) is 87.4 Å². The van der Waals surface area contributed by atoms with Crippen molar-refractivity contribution >= 4 is 28.4 Å². The first-order chi connectivity index (χ1) is 15.3. The molecule has 4 aromatic rings. The van der Waals surface area contributed by atoms with Gasteiger partial charge in [0.05, 0.1) is 5.69 Å². The summed E-state index contributed by atoms with van der Waals surface area (Å²) in [6.45, 7) is 3.81. The van der Waals surface area contributed by atoms with E-state index in [0.717, 1.165) is 27.9 Å². The van der Waals surface area contributed by atoms with Gasteiger partial charge in [-0.25, -0.2) is 4.79 Å². The number of aromatic hydroxyl groups is 1. The molecule has 0 aliphatic heterocycles. The zero-order chi connectivity index (χ0) is 23.0. The number of aromatic nitrogens is 1. The van der Waals surface area contributed by atoms with Gasteiger partial charge < -0.3 is 19.0 Å². The first-order valence-corrected chi connectivity index (χ1v) is 11.1. The monoisotopic (exact) mass is 448 g/mol. The molecule has 6 nitrogen and oxygen atoms in total. The van der Waals surface area contributed by atoms with Crippen LogP contribution in [0.2, 0.25) is 0 Å². The molecule has 2 aromatic heterocycles. The van der Waals surface area contributed by atoms with Gasteiger partial charge >= 0.3 is 5.63 Å². The van der Waals surface area contributed by atoms with Crippen molar-refractivity contribution < 1.29 is 9.52 Å². The van der Waals surface area contributed by atoms with Crippen LogP contribution in [0.25, 0.3) is 22.2 Å². The predicted molar refractivity (Wildman–Crippen MR) is 129 cm³/mol. The van der Waals surface area contributed by atoms with Gasteiger partial charge in [-0.2, -0.15) is 0 Å². The lowest BCUT2D eigenvalue weighted by atomic mass is 10.1. The third-order valence-corrected chi connectivity index (χ3v) is 6.28. The summed E-state index contributed by atoms with van der Waals surface area (Å²) in [5.41, 5.74) is 1.44. The van der Waals surface area contributed by atoms with Gasteiger partial charge in [-0.15, -0.1) is 0 Å². The maximum atomic E-state index is 13.5. The number of pyridine rings is 1. The van der Waals surface area contributed by atoms with Gasteiger partial charge in [-0.3, -0.25) is 4.79 Å². The van der Waals surface area contributed by atoms with E-state index in [0.29, 0.717) is 5.69 Å². The van der Waals surface area contributed by atoms with Crippen LogP contribution in [0.5, 0.6) is 5.75 Å². The Hall–Kier alpha value is -3.45. The Morgan fingerprint density at radius 1 is 1.00 bits per heavy atom. The quantitative estimate of drug-likeness (QED) is 0.456. The second-order valence-electron chi connectivity index (χ2n) is 7.96. The molecule has 0 aliphatic rings. The van der Waals surface area contributed by atoms with Gasteiger partial charge in [0.2, 0.25) is 0 Å². The first-order valence-electron chi connectivity index (χ1n) is 10.2. The molecule has 2 heterocycles. The van der Waals surface area contributed by atoms with Crippen LogP contribution in [0.1, 0.15) is 19.9 Å². The highest BCUT2D eigenvalue weighted by Gasteiger charge is 2.22. The maximum Gasteiger partial charge on any atom is 0.354 e. The fourth-order valence-electron chi connectivity index (χ4n) is 3.62. The van der Waals surface area contributed by atoms with E-state index in [1.165, 1.54) is 0 Å². The molecular formula is C25H24N2O4S. The van der Waals surface area contributed by atoms with Crippen LogP contribution in [0.15, 0.2) is 84.5 Å². The maximum absolute atomic E-state index is 13.5. The summed E-state index contributed by atoms with van der Waals surface area (Å²) in [4.78, 5) is 28.9. The topological polar surface area (TPSA) is 75.7 Å². The second-order valence-corrected chi connectivity index (χ2v) is 9.05. The van der Waals surface area contributed by atoms with Crippen LogP contribution in [0.3, 0.4) is 0 Å². The van der Waals surface area contributed by atoms with Crippen LogP contribution in [0, 0.1) is 0 Å². The molecule has 0 atom stereocenters. The zero-order valence-electron chi connectivity index (χ0n) is 18.3. The Morgan fingerprint density at radius 3 is 2.25 bits per heavy atom. The van der Waals surface area contributed by atoms with Crippen molar-refractivity contribution in [3.05, 3.63) is 81.4 Å². The number of fused-ring (bicyclic) bond motifs is 1. The van der Waals surface area contributed by atoms with Crippen molar-refractivity contribution in [2.45, 2.75) is 29.7 Å². The van der Waals surface area contributed by atoms with E-state index in [2.05, 4.69) is 0 Å².